The van der Waals surface area contributed by atoms with E-state index in [9.17, 15) is 34.8 Å². The van der Waals surface area contributed by atoms with Crippen LogP contribution in [0.1, 0.15) is 5.56 Å². The second-order valence-corrected chi connectivity index (χ2v) is 7.95. The number of carboxylic acid groups (broad SMARTS) is 3. The van der Waals surface area contributed by atoms with Crippen LogP contribution in [0, 0.1) is 46.9 Å². The molecule has 192 valence electrons. The van der Waals surface area contributed by atoms with Gasteiger partial charge in [0, 0.05) is 106 Å². The minimum atomic E-state index is -0.980. The normalized spacial score (nSPS) is 17.9. The van der Waals surface area contributed by atoms with Gasteiger partial charge in [0.15, 0.2) is 0 Å². The minimum Gasteiger partial charge on any atom is -0.508 e. The molecule has 12 heteroatoms. The van der Waals surface area contributed by atoms with Crippen LogP contribution < -0.4 is 0 Å². The van der Waals surface area contributed by atoms with Gasteiger partial charge in [-0.25, -0.2) is 0 Å². The molecule has 4 N–H and O–H groups in total. The van der Waals surface area contributed by atoms with E-state index in [1.165, 1.54) is 0 Å². The smallest absolute Gasteiger partial charge is 0.317 e. The van der Waals surface area contributed by atoms with Gasteiger partial charge in [0.1, 0.15) is 5.75 Å². The van der Waals surface area contributed by atoms with Gasteiger partial charge in [0.05, 0.1) is 19.6 Å². The first-order chi connectivity index (χ1) is 15.2. The molecule has 0 aromatic heterocycles. The number of aromatic hydroxyl groups is 1. The molecule has 1 heterocycles. The number of carbonyl (C=O) groups is 3. The number of nitrogens with zero attached hydrogens (tertiary/aromatic N) is 4. The summed E-state index contributed by atoms with van der Waals surface area (Å²) >= 11 is 0. The number of aliphatic carboxylic acids is 3. The van der Waals surface area contributed by atoms with E-state index >= 15 is 0 Å². The van der Waals surface area contributed by atoms with Crippen molar-refractivity contribution in [1.29, 1.82) is 0 Å². The van der Waals surface area contributed by atoms with Gasteiger partial charge in [-0.15, -0.1) is 0 Å². The van der Waals surface area contributed by atoms with Gasteiger partial charge in [-0.3, -0.25) is 34.0 Å². The Morgan fingerprint density at radius 1 is 0.606 bits per heavy atom. The number of hydrogen-bond acceptors (Lipinski definition) is 8. The number of hydrogen-bond donors (Lipinski definition) is 4. The monoisotopic (exact) mass is 626 g/mol. The van der Waals surface area contributed by atoms with Gasteiger partial charge >= 0.3 is 17.9 Å². The summed E-state index contributed by atoms with van der Waals surface area (Å²) in [6, 6.07) is 6.85. The molecule has 1 aromatic rings. The van der Waals surface area contributed by atoms with Crippen molar-refractivity contribution in [2.75, 3.05) is 72.0 Å². The van der Waals surface area contributed by atoms with E-state index in [0.29, 0.717) is 58.9 Å². The van der Waals surface area contributed by atoms with Gasteiger partial charge < -0.3 is 20.4 Å². The average Bonchev–Trinajstić information content (AvgIpc) is 2.70. The summed E-state index contributed by atoms with van der Waals surface area (Å²) in [6.45, 7) is 3.73. The zero-order valence-corrected chi connectivity index (χ0v) is 20.1. The van der Waals surface area contributed by atoms with Crippen LogP contribution in [0.2, 0.25) is 0 Å². The minimum absolute atomic E-state index is 0. The molecule has 1 aliphatic heterocycles. The Morgan fingerprint density at radius 3 is 1.21 bits per heavy atom. The van der Waals surface area contributed by atoms with E-state index < -0.39 is 17.9 Å². The molecule has 1 aliphatic rings. The van der Waals surface area contributed by atoms with Crippen molar-refractivity contribution in [3.05, 3.63) is 29.8 Å². The number of carboxylic acids is 3. The fourth-order valence-electron chi connectivity index (χ4n) is 3.64. The van der Waals surface area contributed by atoms with E-state index in [1.54, 1.807) is 26.8 Å². The fourth-order valence-corrected chi connectivity index (χ4v) is 3.64. The van der Waals surface area contributed by atoms with E-state index in [0.717, 1.165) is 5.56 Å². The Bertz CT molecular complexity index is 733. The van der Waals surface area contributed by atoms with Gasteiger partial charge in [0.25, 0.3) is 0 Å². The number of phenols is 1. The molecule has 0 bridgehead atoms. The van der Waals surface area contributed by atoms with Crippen LogP contribution in [0.5, 0.6) is 5.75 Å². The summed E-state index contributed by atoms with van der Waals surface area (Å²) in [4.78, 5) is 41.2. The van der Waals surface area contributed by atoms with Crippen LogP contribution in [-0.2, 0) is 20.9 Å². The Hall–Kier alpha value is -1.21. The van der Waals surface area contributed by atoms with Gasteiger partial charge in [-0.2, -0.15) is 0 Å². The molecule has 0 spiro atoms. The molecule has 0 aliphatic carbocycles. The molecule has 1 fully saturated rings. The van der Waals surface area contributed by atoms with E-state index in [4.69, 9.17) is 0 Å². The van der Waals surface area contributed by atoms with Crippen LogP contribution >= 0.6 is 0 Å². The predicted molar refractivity (Wildman–Crippen MR) is 116 cm³/mol. The fraction of sp³-hybridized carbons (Fsp3) is 0.571. The molecule has 0 atom stereocenters. The summed E-state index contributed by atoms with van der Waals surface area (Å²) in [5, 5.41) is 37.2. The van der Waals surface area contributed by atoms with Crippen LogP contribution in [-0.4, -0.2) is 130 Å². The van der Waals surface area contributed by atoms with Crippen molar-refractivity contribution >= 4 is 17.9 Å². The zero-order valence-electron chi connectivity index (χ0n) is 18.4. The van der Waals surface area contributed by atoms with Crippen molar-refractivity contribution in [3.63, 3.8) is 0 Å². The molecular formula is C21H32N4O7Yb. The molecule has 0 unspecified atom stereocenters. The van der Waals surface area contributed by atoms with Crippen molar-refractivity contribution < 1.29 is 81.7 Å². The average molecular weight is 626 g/mol. The first-order valence-corrected chi connectivity index (χ1v) is 10.5. The topological polar surface area (TPSA) is 145 Å². The van der Waals surface area contributed by atoms with Crippen molar-refractivity contribution in [3.8, 4) is 5.75 Å². The van der Waals surface area contributed by atoms with Crippen LogP contribution in [0.25, 0.3) is 0 Å². The number of benzene rings is 1. The maximum Gasteiger partial charge on any atom is 0.317 e. The summed E-state index contributed by atoms with van der Waals surface area (Å²) in [5.74, 6) is -2.69. The van der Waals surface area contributed by atoms with Crippen LogP contribution in [0.15, 0.2) is 24.3 Å². The first kappa shape index (κ1) is 29.8. The van der Waals surface area contributed by atoms with Gasteiger partial charge in [-0.05, 0) is 17.7 Å². The number of rotatable bonds is 8. The second-order valence-electron chi connectivity index (χ2n) is 7.95. The second kappa shape index (κ2) is 15.6. The SMILES string of the molecule is O=C(O)CN1CCN(CC(=O)O)CCN(Cc2ccc(O)cc2)CCN(CC(=O)O)CC1.[Yb]. The Balaban J connectivity index is 0.00000544. The van der Waals surface area contributed by atoms with Gasteiger partial charge in [0.2, 0.25) is 0 Å². The van der Waals surface area contributed by atoms with Crippen molar-refractivity contribution in [1.82, 2.24) is 19.6 Å². The number of phenolic OH excluding ortho intramolecular Hbond substituents is 1. The molecule has 2 rings (SSSR count). The third kappa shape index (κ3) is 12.7. The molecule has 0 amide bonds. The molecule has 33 heavy (non-hydrogen) atoms. The first-order valence-electron chi connectivity index (χ1n) is 10.5. The summed E-state index contributed by atoms with van der Waals surface area (Å²) in [7, 11) is 0. The molecular weight excluding hydrogens is 593 g/mol. The summed E-state index contributed by atoms with van der Waals surface area (Å²) in [6.07, 6.45) is 0. The molecule has 1 aromatic carbocycles. The molecule has 0 radical (unpaired) electrons. The van der Waals surface area contributed by atoms with E-state index in [2.05, 4.69) is 4.90 Å². The van der Waals surface area contributed by atoms with Crippen molar-refractivity contribution in [2.45, 2.75) is 6.54 Å². The van der Waals surface area contributed by atoms with Crippen LogP contribution in [0.4, 0.5) is 0 Å². The Labute approximate surface area is 231 Å². The predicted octanol–water partition coefficient (Wildman–Crippen LogP) is -0.632. The maximum absolute atomic E-state index is 11.3. The molecule has 1 saturated heterocycles. The van der Waals surface area contributed by atoms with E-state index in [1.807, 2.05) is 12.1 Å². The van der Waals surface area contributed by atoms with E-state index in [-0.39, 0.29) is 72.3 Å². The Kier molecular flexibility index (Phi) is 14.1. The zero-order chi connectivity index (χ0) is 23.5. The van der Waals surface area contributed by atoms with Crippen molar-refractivity contribution in [2.24, 2.45) is 0 Å². The third-order valence-electron chi connectivity index (χ3n) is 5.35. The van der Waals surface area contributed by atoms with Crippen LogP contribution in [0.3, 0.4) is 0 Å². The third-order valence-corrected chi connectivity index (χ3v) is 5.35. The van der Waals surface area contributed by atoms with Gasteiger partial charge in [-0.1, -0.05) is 12.1 Å². The Morgan fingerprint density at radius 2 is 0.909 bits per heavy atom. The maximum atomic E-state index is 11.3. The summed E-state index contributed by atoms with van der Waals surface area (Å²) < 4.78 is 0. The standard InChI is InChI=1S/C21H32N4O7.Yb/c26-18-3-1-17(2-4-18)13-22-5-7-23(14-19(27)28)9-11-25(16-21(31)32)12-10-24(8-6-22)15-20(29)30;/h1-4,26H,5-16H2,(H,27,28)(H,29,30)(H,31,32);. The summed E-state index contributed by atoms with van der Waals surface area (Å²) in [5.41, 5.74) is 0.983. The largest absolute Gasteiger partial charge is 0.508 e. The molecule has 11 nitrogen and oxygen atoms in total. The molecule has 0 saturated carbocycles. The quantitative estimate of drug-likeness (QED) is 0.293.